The lowest BCUT2D eigenvalue weighted by Crippen LogP contribution is -2.04. The summed E-state index contributed by atoms with van der Waals surface area (Å²) in [5.74, 6) is -1.08. The summed E-state index contributed by atoms with van der Waals surface area (Å²) < 4.78 is 15.1. The number of rotatable bonds is 4. The maximum Gasteiger partial charge on any atom is 0.303 e. The van der Waals surface area contributed by atoms with E-state index in [1.54, 1.807) is 6.07 Å². The molecule has 0 aliphatic rings. The van der Waals surface area contributed by atoms with Gasteiger partial charge in [-0.15, -0.1) is 0 Å². The van der Waals surface area contributed by atoms with Crippen LogP contribution in [0.5, 0.6) is 0 Å². The van der Waals surface area contributed by atoms with Gasteiger partial charge in [0, 0.05) is 17.6 Å². The Hall–Kier alpha value is -1.84. The Morgan fingerprint density at radius 2 is 2.18 bits per heavy atom. The molecule has 0 aliphatic heterocycles. The van der Waals surface area contributed by atoms with Crippen LogP contribution in [0.15, 0.2) is 24.3 Å². The second kappa shape index (κ2) is 4.57. The molecule has 2 rings (SSSR count). The van der Waals surface area contributed by atoms with Gasteiger partial charge >= 0.3 is 5.97 Å². The summed E-state index contributed by atoms with van der Waals surface area (Å²) in [4.78, 5) is 10.6. The van der Waals surface area contributed by atoms with Crippen molar-refractivity contribution in [1.82, 2.24) is 4.57 Å². The van der Waals surface area contributed by atoms with Gasteiger partial charge in [-0.25, -0.2) is 4.39 Å². The van der Waals surface area contributed by atoms with Crippen molar-refractivity contribution in [2.45, 2.75) is 26.3 Å². The van der Waals surface area contributed by atoms with Gasteiger partial charge < -0.3 is 9.67 Å². The van der Waals surface area contributed by atoms with Gasteiger partial charge in [0.2, 0.25) is 0 Å². The molecule has 0 amide bonds. The molecule has 0 bridgehead atoms. The smallest absolute Gasteiger partial charge is 0.303 e. The van der Waals surface area contributed by atoms with E-state index < -0.39 is 5.97 Å². The fourth-order valence-corrected chi connectivity index (χ4v) is 2.10. The number of hydrogen-bond acceptors (Lipinski definition) is 1. The SMILES string of the molecule is CCn1c(CCC(=O)O)cc2ccc(F)cc21. The quantitative estimate of drug-likeness (QED) is 0.885. The fourth-order valence-electron chi connectivity index (χ4n) is 2.10. The lowest BCUT2D eigenvalue weighted by molar-refractivity contribution is -0.136. The van der Waals surface area contributed by atoms with Crippen LogP contribution in [0.3, 0.4) is 0 Å². The van der Waals surface area contributed by atoms with Crippen LogP contribution < -0.4 is 0 Å². The van der Waals surface area contributed by atoms with Crippen molar-refractivity contribution in [3.05, 3.63) is 35.8 Å². The summed E-state index contributed by atoms with van der Waals surface area (Å²) in [6.07, 6.45) is 0.568. The number of carbonyl (C=O) groups is 1. The van der Waals surface area contributed by atoms with Gasteiger partial charge in [0.25, 0.3) is 0 Å². The van der Waals surface area contributed by atoms with Gasteiger partial charge in [-0.05, 0) is 37.6 Å². The van der Waals surface area contributed by atoms with E-state index in [0.717, 1.165) is 16.6 Å². The third kappa shape index (κ3) is 2.30. The number of aliphatic carboxylic acids is 1. The highest BCUT2D eigenvalue weighted by atomic mass is 19.1. The van der Waals surface area contributed by atoms with Crippen molar-refractivity contribution >= 4 is 16.9 Å². The molecule has 0 aliphatic carbocycles. The summed E-state index contributed by atoms with van der Waals surface area (Å²) in [5, 5.41) is 9.64. The van der Waals surface area contributed by atoms with Crippen molar-refractivity contribution in [2.24, 2.45) is 0 Å². The predicted octanol–water partition coefficient (Wildman–Crippen LogP) is 2.82. The molecule has 4 heteroatoms. The Bertz CT molecular complexity index is 560. The van der Waals surface area contributed by atoms with Crippen LogP contribution in [0.25, 0.3) is 10.9 Å². The molecule has 2 aromatic rings. The molecule has 3 nitrogen and oxygen atoms in total. The molecule has 1 N–H and O–H groups in total. The zero-order valence-corrected chi connectivity index (χ0v) is 9.61. The number of aromatic nitrogens is 1. The number of fused-ring (bicyclic) bond motifs is 1. The normalized spacial score (nSPS) is 10.9. The van der Waals surface area contributed by atoms with Gasteiger partial charge in [-0.3, -0.25) is 4.79 Å². The van der Waals surface area contributed by atoms with Crippen molar-refractivity contribution in [3.63, 3.8) is 0 Å². The van der Waals surface area contributed by atoms with Crippen LogP contribution in [-0.2, 0) is 17.8 Å². The van der Waals surface area contributed by atoms with E-state index >= 15 is 0 Å². The zero-order valence-electron chi connectivity index (χ0n) is 9.61. The number of hydrogen-bond donors (Lipinski definition) is 1. The molecule has 17 heavy (non-hydrogen) atoms. The van der Waals surface area contributed by atoms with E-state index in [1.165, 1.54) is 12.1 Å². The second-order valence-corrected chi connectivity index (χ2v) is 3.98. The molecule has 0 unspecified atom stereocenters. The first kappa shape index (κ1) is 11.6. The minimum Gasteiger partial charge on any atom is -0.481 e. The van der Waals surface area contributed by atoms with Gasteiger partial charge in [0.15, 0.2) is 0 Å². The first-order chi connectivity index (χ1) is 8.11. The zero-order chi connectivity index (χ0) is 12.4. The predicted molar refractivity (Wildman–Crippen MR) is 63.5 cm³/mol. The van der Waals surface area contributed by atoms with Crippen molar-refractivity contribution in [3.8, 4) is 0 Å². The summed E-state index contributed by atoms with van der Waals surface area (Å²) in [6, 6.07) is 6.56. The molecule has 0 saturated heterocycles. The van der Waals surface area contributed by atoms with E-state index in [1.807, 2.05) is 17.6 Å². The minimum absolute atomic E-state index is 0.0960. The van der Waals surface area contributed by atoms with Crippen LogP contribution in [0.1, 0.15) is 19.0 Å². The molecule has 0 saturated carbocycles. The van der Waals surface area contributed by atoms with Crippen molar-refractivity contribution in [1.29, 1.82) is 0 Å². The van der Waals surface area contributed by atoms with E-state index in [9.17, 15) is 9.18 Å². The summed E-state index contributed by atoms with van der Waals surface area (Å²) in [5.41, 5.74) is 1.77. The largest absolute Gasteiger partial charge is 0.481 e. The number of halogens is 1. The summed E-state index contributed by atoms with van der Waals surface area (Å²) in [7, 11) is 0. The monoisotopic (exact) mass is 235 g/mol. The van der Waals surface area contributed by atoms with E-state index in [2.05, 4.69) is 0 Å². The average Bonchev–Trinajstić information content (AvgIpc) is 2.63. The Labute approximate surface area is 98.5 Å². The van der Waals surface area contributed by atoms with Gasteiger partial charge in [0.1, 0.15) is 5.82 Å². The molecular weight excluding hydrogens is 221 g/mol. The second-order valence-electron chi connectivity index (χ2n) is 3.98. The number of aryl methyl sites for hydroxylation is 2. The third-order valence-electron chi connectivity index (χ3n) is 2.86. The highest BCUT2D eigenvalue weighted by Crippen LogP contribution is 2.22. The molecule has 1 aromatic heterocycles. The maximum atomic E-state index is 13.2. The molecular formula is C13H14FNO2. The highest BCUT2D eigenvalue weighted by Gasteiger charge is 2.09. The van der Waals surface area contributed by atoms with Crippen molar-refractivity contribution in [2.75, 3.05) is 0 Å². The Morgan fingerprint density at radius 1 is 1.41 bits per heavy atom. The van der Waals surface area contributed by atoms with Crippen molar-refractivity contribution < 1.29 is 14.3 Å². The minimum atomic E-state index is -0.816. The Morgan fingerprint density at radius 3 is 2.82 bits per heavy atom. The molecule has 0 radical (unpaired) electrons. The maximum absolute atomic E-state index is 13.2. The summed E-state index contributed by atoms with van der Waals surface area (Å²) in [6.45, 7) is 2.68. The molecule has 1 heterocycles. The standard InChI is InChI=1S/C13H14FNO2/c1-2-15-11(5-6-13(16)17)7-9-3-4-10(14)8-12(9)15/h3-4,7-8H,2,5-6H2,1H3,(H,16,17). The number of nitrogens with zero attached hydrogens (tertiary/aromatic N) is 1. The van der Waals surface area contributed by atoms with Gasteiger partial charge in [0.05, 0.1) is 11.9 Å². The van der Waals surface area contributed by atoms with Crippen LogP contribution >= 0.6 is 0 Å². The van der Waals surface area contributed by atoms with Crippen LogP contribution in [-0.4, -0.2) is 15.6 Å². The Balaban J connectivity index is 2.45. The van der Waals surface area contributed by atoms with E-state index in [-0.39, 0.29) is 12.2 Å². The van der Waals surface area contributed by atoms with E-state index in [0.29, 0.717) is 13.0 Å². The first-order valence-corrected chi connectivity index (χ1v) is 5.61. The molecule has 1 aromatic carbocycles. The lowest BCUT2D eigenvalue weighted by atomic mass is 10.2. The van der Waals surface area contributed by atoms with Gasteiger partial charge in [-0.1, -0.05) is 0 Å². The summed E-state index contributed by atoms with van der Waals surface area (Å²) >= 11 is 0. The molecule has 0 fully saturated rings. The fraction of sp³-hybridized carbons (Fsp3) is 0.308. The Kier molecular flexibility index (Phi) is 3.13. The number of carboxylic acids is 1. The number of carboxylic acid groups (broad SMARTS) is 1. The topological polar surface area (TPSA) is 42.2 Å². The molecule has 0 spiro atoms. The van der Waals surface area contributed by atoms with Crippen LogP contribution in [0.4, 0.5) is 4.39 Å². The first-order valence-electron chi connectivity index (χ1n) is 5.61. The lowest BCUT2D eigenvalue weighted by Gasteiger charge is -2.06. The molecule has 0 atom stereocenters. The number of benzene rings is 1. The molecule has 90 valence electrons. The van der Waals surface area contributed by atoms with E-state index in [4.69, 9.17) is 5.11 Å². The average molecular weight is 235 g/mol. The van der Waals surface area contributed by atoms with Crippen LogP contribution in [0, 0.1) is 5.82 Å². The van der Waals surface area contributed by atoms with Crippen LogP contribution in [0.2, 0.25) is 0 Å². The van der Waals surface area contributed by atoms with Gasteiger partial charge in [-0.2, -0.15) is 0 Å². The highest BCUT2D eigenvalue weighted by molar-refractivity contribution is 5.81. The third-order valence-corrected chi connectivity index (χ3v) is 2.86.